The normalized spacial score (nSPS) is 10.7. The molecular formula is C20H27N3O. The van der Waals surface area contributed by atoms with Gasteiger partial charge in [-0.05, 0) is 38.0 Å². The van der Waals surface area contributed by atoms with Crippen LogP contribution < -0.4 is 5.32 Å². The Morgan fingerprint density at radius 2 is 1.96 bits per heavy atom. The van der Waals surface area contributed by atoms with Crippen LogP contribution in [0.4, 0.5) is 5.69 Å². The molecule has 1 amide bonds. The van der Waals surface area contributed by atoms with Gasteiger partial charge in [-0.25, -0.2) is 0 Å². The van der Waals surface area contributed by atoms with Crippen molar-refractivity contribution in [1.82, 2.24) is 9.88 Å². The van der Waals surface area contributed by atoms with Crippen molar-refractivity contribution < 1.29 is 4.79 Å². The summed E-state index contributed by atoms with van der Waals surface area (Å²) in [7, 11) is 0. The van der Waals surface area contributed by atoms with Crippen LogP contribution in [0.15, 0.2) is 48.7 Å². The molecule has 4 heteroatoms. The van der Waals surface area contributed by atoms with E-state index < -0.39 is 0 Å². The molecule has 0 atom stereocenters. The lowest BCUT2D eigenvalue weighted by molar-refractivity contribution is 0.0684. The lowest BCUT2D eigenvalue weighted by Gasteiger charge is -2.26. The summed E-state index contributed by atoms with van der Waals surface area (Å²) >= 11 is 0. The highest BCUT2D eigenvalue weighted by Crippen LogP contribution is 2.15. The quantitative estimate of drug-likeness (QED) is 0.734. The average molecular weight is 325 g/mol. The van der Waals surface area contributed by atoms with Gasteiger partial charge in [-0.15, -0.1) is 0 Å². The maximum absolute atomic E-state index is 12.9. The number of carbonyl (C=O) groups is 1. The molecule has 0 fully saturated rings. The van der Waals surface area contributed by atoms with Gasteiger partial charge in [0.1, 0.15) is 5.69 Å². The lowest BCUT2D eigenvalue weighted by Crippen LogP contribution is -2.36. The fourth-order valence-electron chi connectivity index (χ4n) is 2.48. The third kappa shape index (κ3) is 5.08. The summed E-state index contributed by atoms with van der Waals surface area (Å²) in [5.41, 5.74) is 2.56. The Hall–Kier alpha value is -2.36. The third-order valence-corrected chi connectivity index (χ3v) is 3.92. The van der Waals surface area contributed by atoms with Crippen molar-refractivity contribution in [2.24, 2.45) is 0 Å². The number of hydrogen-bond acceptors (Lipinski definition) is 3. The number of nitrogens with zero attached hydrogens (tertiary/aromatic N) is 2. The van der Waals surface area contributed by atoms with Crippen molar-refractivity contribution in [2.75, 3.05) is 11.9 Å². The first-order valence-corrected chi connectivity index (χ1v) is 8.66. The number of carbonyl (C=O) groups excluding carboxylic acids is 1. The van der Waals surface area contributed by atoms with Crippen molar-refractivity contribution in [1.29, 1.82) is 0 Å². The molecule has 1 heterocycles. The monoisotopic (exact) mass is 325 g/mol. The zero-order chi connectivity index (χ0) is 17.4. The van der Waals surface area contributed by atoms with Crippen molar-refractivity contribution in [3.8, 4) is 0 Å². The first kappa shape index (κ1) is 18.0. The minimum Gasteiger partial charge on any atom is -0.385 e. The van der Waals surface area contributed by atoms with Crippen molar-refractivity contribution in [3.05, 3.63) is 59.9 Å². The van der Waals surface area contributed by atoms with E-state index in [1.54, 1.807) is 6.20 Å². The number of benzene rings is 1. The van der Waals surface area contributed by atoms with Gasteiger partial charge in [0.25, 0.3) is 5.91 Å². The Bertz CT molecular complexity index is 640. The van der Waals surface area contributed by atoms with Crippen molar-refractivity contribution in [3.63, 3.8) is 0 Å². The van der Waals surface area contributed by atoms with Crippen LogP contribution in [0.3, 0.4) is 0 Å². The van der Waals surface area contributed by atoms with E-state index in [0.29, 0.717) is 12.2 Å². The molecule has 1 aromatic heterocycles. The molecular weight excluding hydrogens is 298 g/mol. The fraction of sp³-hybridized carbons (Fsp3) is 0.400. The highest BCUT2D eigenvalue weighted by molar-refractivity contribution is 5.93. The highest BCUT2D eigenvalue weighted by Gasteiger charge is 2.20. The number of amides is 1. The Morgan fingerprint density at radius 3 is 2.62 bits per heavy atom. The van der Waals surface area contributed by atoms with Gasteiger partial charge >= 0.3 is 0 Å². The molecule has 2 rings (SSSR count). The summed E-state index contributed by atoms with van der Waals surface area (Å²) in [5.74, 6) is -0.0343. The van der Waals surface area contributed by atoms with Crippen molar-refractivity contribution >= 4 is 11.6 Å². The van der Waals surface area contributed by atoms with E-state index in [2.05, 4.69) is 17.2 Å². The van der Waals surface area contributed by atoms with Gasteiger partial charge in [0.05, 0.1) is 0 Å². The third-order valence-electron chi connectivity index (χ3n) is 3.92. The molecule has 0 aliphatic rings. The summed E-state index contributed by atoms with van der Waals surface area (Å²) in [6.45, 7) is 7.72. The van der Waals surface area contributed by atoms with Crippen LogP contribution >= 0.6 is 0 Å². The van der Waals surface area contributed by atoms with Gasteiger partial charge in [0.2, 0.25) is 0 Å². The van der Waals surface area contributed by atoms with E-state index >= 15 is 0 Å². The Balaban J connectivity index is 2.13. The molecule has 0 radical (unpaired) electrons. The smallest absolute Gasteiger partial charge is 0.273 e. The van der Waals surface area contributed by atoms with E-state index in [0.717, 1.165) is 30.6 Å². The van der Waals surface area contributed by atoms with Gasteiger partial charge in [0.15, 0.2) is 0 Å². The van der Waals surface area contributed by atoms with E-state index in [1.807, 2.05) is 61.2 Å². The van der Waals surface area contributed by atoms with Gasteiger partial charge in [-0.1, -0.05) is 43.7 Å². The number of unbranched alkanes of at least 4 members (excludes halogenated alkanes) is 1. The second-order valence-corrected chi connectivity index (χ2v) is 6.22. The standard InChI is InChI=1S/C20H27N3O/c1-4-5-12-21-18-11-13-22-19(14-18)20(24)23(16(2)3)15-17-9-7-6-8-10-17/h6-11,13-14,16H,4-5,12,15H2,1-3H3,(H,21,22). The lowest BCUT2D eigenvalue weighted by atomic mass is 10.1. The minimum absolute atomic E-state index is 0.0343. The van der Waals surface area contributed by atoms with Gasteiger partial charge in [-0.3, -0.25) is 9.78 Å². The zero-order valence-electron chi connectivity index (χ0n) is 14.8. The Morgan fingerprint density at radius 1 is 1.21 bits per heavy atom. The molecule has 0 spiro atoms. The first-order valence-electron chi connectivity index (χ1n) is 8.66. The molecule has 0 bridgehead atoms. The molecule has 0 unspecified atom stereocenters. The molecule has 128 valence electrons. The average Bonchev–Trinajstić information content (AvgIpc) is 2.60. The van der Waals surface area contributed by atoms with Crippen LogP contribution in [-0.2, 0) is 6.54 Å². The number of hydrogen-bond donors (Lipinski definition) is 1. The summed E-state index contributed by atoms with van der Waals surface area (Å²) in [6.07, 6.45) is 3.95. The predicted molar refractivity (Wildman–Crippen MR) is 99.1 cm³/mol. The van der Waals surface area contributed by atoms with Crippen LogP contribution in [0.1, 0.15) is 49.7 Å². The van der Waals surface area contributed by atoms with E-state index in [9.17, 15) is 4.79 Å². The maximum Gasteiger partial charge on any atom is 0.273 e. The van der Waals surface area contributed by atoms with E-state index in [1.165, 1.54) is 0 Å². The summed E-state index contributed by atoms with van der Waals surface area (Å²) in [4.78, 5) is 19.0. The molecule has 0 aliphatic heterocycles. The number of aromatic nitrogens is 1. The van der Waals surface area contributed by atoms with Crippen LogP contribution in [0.2, 0.25) is 0 Å². The van der Waals surface area contributed by atoms with Crippen molar-refractivity contribution in [2.45, 2.75) is 46.2 Å². The molecule has 0 saturated carbocycles. The van der Waals surface area contributed by atoms with Gasteiger partial charge in [0, 0.05) is 31.0 Å². The second kappa shape index (κ2) is 9.06. The first-order chi connectivity index (χ1) is 11.6. The van der Waals surface area contributed by atoms with E-state index in [4.69, 9.17) is 0 Å². The molecule has 0 aliphatic carbocycles. The van der Waals surface area contributed by atoms with Gasteiger partial charge < -0.3 is 10.2 Å². The summed E-state index contributed by atoms with van der Waals surface area (Å²) in [5, 5.41) is 3.35. The molecule has 1 N–H and O–H groups in total. The zero-order valence-corrected chi connectivity index (χ0v) is 14.8. The molecule has 0 saturated heterocycles. The van der Waals surface area contributed by atoms with Crippen LogP contribution in [-0.4, -0.2) is 28.4 Å². The fourth-order valence-corrected chi connectivity index (χ4v) is 2.48. The predicted octanol–water partition coefficient (Wildman–Crippen LogP) is 4.34. The maximum atomic E-state index is 12.9. The summed E-state index contributed by atoms with van der Waals surface area (Å²) < 4.78 is 0. The largest absolute Gasteiger partial charge is 0.385 e. The number of nitrogens with one attached hydrogen (secondary N) is 1. The number of rotatable bonds is 8. The SMILES string of the molecule is CCCCNc1ccnc(C(=O)N(Cc2ccccc2)C(C)C)c1. The molecule has 2 aromatic rings. The van der Waals surface area contributed by atoms with Crippen LogP contribution in [0.5, 0.6) is 0 Å². The highest BCUT2D eigenvalue weighted by atomic mass is 16.2. The molecule has 24 heavy (non-hydrogen) atoms. The summed E-state index contributed by atoms with van der Waals surface area (Å²) in [6, 6.07) is 13.9. The van der Waals surface area contributed by atoms with Gasteiger partial charge in [-0.2, -0.15) is 0 Å². The minimum atomic E-state index is -0.0343. The molecule has 4 nitrogen and oxygen atoms in total. The van der Waals surface area contributed by atoms with E-state index in [-0.39, 0.29) is 11.9 Å². The Labute approximate surface area is 144 Å². The second-order valence-electron chi connectivity index (χ2n) is 6.22. The van der Waals surface area contributed by atoms with Crippen LogP contribution in [0.25, 0.3) is 0 Å². The molecule has 1 aromatic carbocycles. The Kier molecular flexibility index (Phi) is 6.79. The topological polar surface area (TPSA) is 45.2 Å². The number of pyridine rings is 1. The van der Waals surface area contributed by atoms with Crippen LogP contribution in [0, 0.1) is 0 Å². The number of anilines is 1.